The number of nitrogens with zero attached hydrogens (tertiary/aromatic N) is 2. The largest absolute Gasteiger partial charge is 0.419 e. The normalized spacial score (nSPS) is 12.0. The van der Waals surface area contributed by atoms with E-state index in [4.69, 9.17) is 11.6 Å². The van der Waals surface area contributed by atoms with Gasteiger partial charge in [-0.3, -0.25) is 0 Å². The Balaban J connectivity index is 2.32. The summed E-state index contributed by atoms with van der Waals surface area (Å²) in [6, 6.07) is 3.78. The SMILES string of the molecule is Fc1ccc2[nH]cc(-c3nc(Cl)ncc3C(F)(F)F)c2c1. The standard InChI is InChI=1S/C13H6ClF4N3/c14-12-20-5-9(13(16,17)18)11(21-12)8-4-19-10-2-1-6(15)3-7(8)10/h1-5,19H. The number of hydrogen-bond donors (Lipinski definition) is 1. The molecule has 21 heavy (non-hydrogen) atoms. The molecule has 2 aromatic heterocycles. The molecule has 0 aliphatic rings. The molecular weight excluding hydrogens is 310 g/mol. The van der Waals surface area contributed by atoms with E-state index in [-0.39, 0.29) is 21.9 Å². The van der Waals surface area contributed by atoms with Crippen LogP contribution in [0.1, 0.15) is 5.56 Å². The molecule has 3 nitrogen and oxygen atoms in total. The molecule has 0 radical (unpaired) electrons. The number of aromatic nitrogens is 3. The lowest BCUT2D eigenvalue weighted by molar-refractivity contribution is -0.137. The Morgan fingerprint density at radius 3 is 2.67 bits per heavy atom. The van der Waals surface area contributed by atoms with Gasteiger partial charge in [0, 0.05) is 28.9 Å². The number of alkyl halides is 3. The van der Waals surface area contributed by atoms with Crippen molar-refractivity contribution in [3.63, 3.8) is 0 Å². The van der Waals surface area contributed by atoms with Gasteiger partial charge in [-0.05, 0) is 29.8 Å². The molecule has 3 aromatic rings. The fraction of sp³-hybridized carbons (Fsp3) is 0.0769. The summed E-state index contributed by atoms with van der Waals surface area (Å²) in [4.78, 5) is 9.79. The number of aromatic amines is 1. The number of fused-ring (bicyclic) bond motifs is 1. The minimum Gasteiger partial charge on any atom is -0.360 e. The van der Waals surface area contributed by atoms with E-state index >= 15 is 0 Å². The third-order valence-electron chi connectivity index (χ3n) is 2.96. The lowest BCUT2D eigenvalue weighted by atomic mass is 10.1. The van der Waals surface area contributed by atoms with Crippen LogP contribution in [0.4, 0.5) is 17.6 Å². The Morgan fingerprint density at radius 1 is 1.19 bits per heavy atom. The van der Waals surface area contributed by atoms with Crippen molar-refractivity contribution in [1.29, 1.82) is 0 Å². The Hall–Kier alpha value is -2.15. The van der Waals surface area contributed by atoms with Gasteiger partial charge in [-0.15, -0.1) is 0 Å². The van der Waals surface area contributed by atoms with Gasteiger partial charge in [-0.1, -0.05) is 0 Å². The monoisotopic (exact) mass is 315 g/mol. The fourth-order valence-corrected chi connectivity index (χ4v) is 2.20. The van der Waals surface area contributed by atoms with E-state index < -0.39 is 17.6 Å². The zero-order valence-electron chi connectivity index (χ0n) is 10.2. The van der Waals surface area contributed by atoms with Gasteiger partial charge < -0.3 is 4.98 Å². The third kappa shape index (κ3) is 2.44. The zero-order chi connectivity index (χ0) is 15.2. The summed E-state index contributed by atoms with van der Waals surface area (Å²) >= 11 is 5.59. The highest BCUT2D eigenvalue weighted by molar-refractivity contribution is 6.28. The van der Waals surface area contributed by atoms with Gasteiger partial charge >= 0.3 is 6.18 Å². The van der Waals surface area contributed by atoms with E-state index in [1.807, 2.05) is 0 Å². The molecule has 1 N–H and O–H groups in total. The predicted octanol–water partition coefficient (Wildman–Crippen LogP) is 4.44. The van der Waals surface area contributed by atoms with Crippen LogP contribution in [0.25, 0.3) is 22.2 Å². The molecule has 0 spiro atoms. The number of H-pyrrole nitrogens is 1. The van der Waals surface area contributed by atoms with Crippen LogP contribution < -0.4 is 0 Å². The molecule has 0 saturated carbocycles. The van der Waals surface area contributed by atoms with E-state index in [9.17, 15) is 17.6 Å². The molecule has 0 atom stereocenters. The first-order chi connectivity index (χ1) is 9.86. The molecule has 1 aromatic carbocycles. The first-order valence-electron chi connectivity index (χ1n) is 5.73. The molecule has 0 unspecified atom stereocenters. The molecule has 0 amide bonds. The highest BCUT2D eigenvalue weighted by Crippen LogP contribution is 2.38. The van der Waals surface area contributed by atoms with Gasteiger partial charge in [0.1, 0.15) is 11.4 Å². The minimum absolute atomic E-state index is 0.112. The molecule has 0 aliphatic carbocycles. The first-order valence-corrected chi connectivity index (χ1v) is 6.11. The van der Waals surface area contributed by atoms with Crippen molar-refractivity contribution >= 4 is 22.5 Å². The highest BCUT2D eigenvalue weighted by Gasteiger charge is 2.36. The van der Waals surface area contributed by atoms with Crippen LogP contribution in [0.15, 0.2) is 30.6 Å². The summed E-state index contributed by atoms with van der Waals surface area (Å²) in [6.07, 6.45) is -2.70. The van der Waals surface area contributed by atoms with Crippen LogP contribution >= 0.6 is 11.6 Å². The Labute approximate surface area is 120 Å². The average molecular weight is 316 g/mol. The smallest absolute Gasteiger partial charge is 0.360 e. The quantitative estimate of drug-likeness (QED) is 0.533. The van der Waals surface area contributed by atoms with Crippen LogP contribution in [0.3, 0.4) is 0 Å². The summed E-state index contributed by atoms with van der Waals surface area (Å²) in [7, 11) is 0. The van der Waals surface area contributed by atoms with Crippen LogP contribution in [-0.2, 0) is 6.18 Å². The molecule has 0 saturated heterocycles. The number of hydrogen-bond acceptors (Lipinski definition) is 2. The number of nitrogens with one attached hydrogen (secondary N) is 1. The van der Waals surface area contributed by atoms with Gasteiger partial charge in [0.2, 0.25) is 5.28 Å². The molecule has 0 bridgehead atoms. The number of benzene rings is 1. The minimum atomic E-state index is -4.64. The average Bonchev–Trinajstić information content (AvgIpc) is 2.79. The van der Waals surface area contributed by atoms with Crippen molar-refractivity contribution in [2.45, 2.75) is 6.18 Å². The molecule has 8 heteroatoms. The van der Waals surface area contributed by atoms with Gasteiger partial charge in [0.15, 0.2) is 0 Å². The first kappa shape index (κ1) is 13.8. The Morgan fingerprint density at radius 2 is 1.95 bits per heavy atom. The van der Waals surface area contributed by atoms with E-state index in [0.29, 0.717) is 11.7 Å². The summed E-state index contributed by atoms with van der Waals surface area (Å²) in [5, 5.41) is -0.0287. The lowest BCUT2D eigenvalue weighted by Gasteiger charge is -2.11. The molecule has 0 fully saturated rings. The second-order valence-electron chi connectivity index (χ2n) is 4.29. The zero-order valence-corrected chi connectivity index (χ0v) is 10.9. The van der Waals surface area contributed by atoms with Crippen molar-refractivity contribution in [3.8, 4) is 11.3 Å². The van der Waals surface area contributed by atoms with Crippen LogP contribution in [0, 0.1) is 5.82 Å². The van der Waals surface area contributed by atoms with Gasteiger partial charge in [0.05, 0.1) is 5.69 Å². The fourth-order valence-electron chi connectivity index (χ4n) is 2.06. The van der Waals surface area contributed by atoms with Gasteiger partial charge in [-0.25, -0.2) is 14.4 Å². The second-order valence-corrected chi connectivity index (χ2v) is 4.63. The summed E-state index contributed by atoms with van der Waals surface area (Å²) in [6.45, 7) is 0. The maximum atomic E-state index is 13.3. The van der Waals surface area contributed by atoms with E-state index in [1.165, 1.54) is 18.3 Å². The van der Waals surface area contributed by atoms with E-state index in [2.05, 4.69) is 15.0 Å². The summed E-state index contributed by atoms with van der Waals surface area (Å²) < 4.78 is 52.5. The molecule has 2 heterocycles. The van der Waals surface area contributed by atoms with Crippen LogP contribution in [0.2, 0.25) is 5.28 Å². The van der Waals surface area contributed by atoms with Crippen molar-refractivity contribution in [3.05, 3.63) is 47.3 Å². The van der Waals surface area contributed by atoms with Crippen molar-refractivity contribution in [2.24, 2.45) is 0 Å². The molecular formula is C13H6ClF4N3. The van der Waals surface area contributed by atoms with Gasteiger partial charge in [-0.2, -0.15) is 13.2 Å². The highest BCUT2D eigenvalue weighted by atomic mass is 35.5. The van der Waals surface area contributed by atoms with Crippen LogP contribution in [0.5, 0.6) is 0 Å². The summed E-state index contributed by atoms with van der Waals surface area (Å²) in [5.41, 5.74) is -0.813. The predicted molar refractivity (Wildman–Crippen MR) is 69.3 cm³/mol. The van der Waals surface area contributed by atoms with Crippen molar-refractivity contribution in [1.82, 2.24) is 15.0 Å². The second kappa shape index (κ2) is 4.70. The summed E-state index contributed by atoms with van der Waals surface area (Å²) in [5.74, 6) is -0.558. The van der Waals surface area contributed by atoms with Gasteiger partial charge in [0.25, 0.3) is 0 Å². The third-order valence-corrected chi connectivity index (χ3v) is 3.15. The molecule has 108 valence electrons. The van der Waals surface area contributed by atoms with E-state index in [0.717, 1.165) is 6.07 Å². The van der Waals surface area contributed by atoms with Crippen LogP contribution in [-0.4, -0.2) is 15.0 Å². The molecule has 3 rings (SSSR count). The maximum absolute atomic E-state index is 13.3. The Kier molecular flexibility index (Phi) is 3.09. The van der Waals surface area contributed by atoms with E-state index in [1.54, 1.807) is 0 Å². The van der Waals surface area contributed by atoms with Crippen molar-refractivity contribution < 1.29 is 17.6 Å². The topological polar surface area (TPSA) is 41.6 Å². The Bertz CT molecular complexity index is 826. The lowest BCUT2D eigenvalue weighted by Crippen LogP contribution is -2.09. The number of halogens is 5. The molecule has 0 aliphatic heterocycles. The maximum Gasteiger partial charge on any atom is 0.419 e. The number of rotatable bonds is 1. The van der Waals surface area contributed by atoms with Crippen molar-refractivity contribution in [2.75, 3.05) is 0 Å².